The van der Waals surface area contributed by atoms with Crippen molar-refractivity contribution in [2.24, 2.45) is 16.2 Å². The third kappa shape index (κ3) is 29.9. The Balaban J connectivity index is 0.000000192. The van der Waals surface area contributed by atoms with Gasteiger partial charge in [-0.15, -0.1) is 0 Å². The predicted octanol–water partition coefficient (Wildman–Crippen LogP) is 17.2. The van der Waals surface area contributed by atoms with Crippen molar-refractivity contribution in [1.82, 2.24) is 14.7 Å². The molecule has 6 fully saturated rings. The molecule has 9 aromatic rings. The van der Waals surface area contributed by atoms with Gasteiger partial charge in [0.1, 0.15) is 43.6 Å². The highest BCUT2D eigenvalue weighted by molar-refractivity contribution is 8.26. The summed E-state index contributed by atoms with van der Waals surface area (Å²) in [5.74, 6) is 0.597. The third-order valence-corrected chi connectivity index (χ3v) is 36.7. The lowest BCUT2D eigenvalue weighted by Gasteiger charge is -2.50. The first-order valence-electron chi connectivity index (χ1n) is 51.6. The highest BCUT2D eigenvalue weighted by atomic mass is 36.0. The number of halogens is 3. The van der Waals surface area contributed by atoms with E-state index >= 15 is 0 Å². The minimum Gasteiger partial charge on any atom is -1.00 e. The van der Waals surface area contributed by atoms with Gasteiger partial charge in [-0.25, -0.2) is 29.5 Å². The highest BCUT2D eigenvalue weighted by Crippen LogP contribution is 2.55. The van der Waals surface area contributed by atoms with Gasteiger partial charge in [0, 0.05) is 179 Å². The number of ether oxygens (including phenoxy) is 3. The average molecular weight is 2100 g/mol. The average Bonchev–Trinajstić information content (AvgIpc) is 1.60. The van der Waals surface area contributed by atoms with E-state index in [-0.39, 0.29) is 42.9 Å². The van der Waals surface area contributed by atoms with Crippen LogP contribution in [0.2, 0.25) is 0 Å². The number of unbranched alkanes of at least 4 members (excludes halogenated alkanes) is 6. The van der Waals surface area contributed by atoms with Crippen molar-refractivity contribution in [3.63, 3.8) is 0 Å². The summed E-state index contributed by atoms with van der Waals surface area (Å²) in [6.07, 6.45) is 12.4. The normalized spacial score (nSPS) is 22.4. The van der Waals surface area contributed by atoms with E-state index in [1.165, 1.54) is 88.6 Å². The number of aliphatic hydroxyl groups is 5. The summed E-state index contributed by atoms with van der Waals surface area (Å²) in [7, 11) is 8.14. The summed E-state index contributed by atoms with van der Waals surface area (Å²) in [4.78, 5) is 14.6. The number of hydrogen-bond acceptors (Lipinski definition) is 21. The summed E-state index contributed by atoms with van der Waals surface area (Å²) in [6, 6.07) is 64.3. The number of nitrogens with zero attached hydrogens (tertiary/aromatic N) is 7. The summed E-state index contributed by atoms with van der Waals surface area (Å²) in [6.45, 7) is 30.5. The molecule has 0 radical (unpaired) electrons. The first-order valence-corrected chi connectivity index (χ1v) is 59.3. The molecular weight excluding hydrogens is 1940 g/mol. The number of aliphatic hydroxyl groups excluding tert-OH is 5. The fourth-order valence-corrected chi connectivity index (χ4v) is 28.7. The molecule has 9 heterocycles. The Labute approximate surface area is 872 Å². The Hall–Kier alpha value is -7.71. The van der Waals surface area contributed by atoms with Gasteiger partial charge in [-0.3, -0.25) is 14.7 Å². The number of fused-ring (bicyclic) bond motifs is 9. The van der Waals surface area contributed by atoms with Gasteiger partial charge in [0.15, 0.2) is 29.5 Å². The van der Waals surface area contributed by atoms with E-state index in [1.807, 2.05) is 215 Å². The molecular formula is C114H158Cl3N7O15S4. The molecule has 18 rings (SSSR count). The van der Waals surface area contributed by atoms with Crippen molar-refractivity contribution < 1.29 is 86.1 Å². The van der Waals surface area contributed by atoms with Gasteiger partial charge >= 0.3 is 0 Å². The zero-order valence-corrected chi connectivity index (χ0v) is 91.8. The predicted molar refractivity (Wildman–Crippen MR) is 578 cm³/mol. The topological polar surface area (TPSA) is 268 Å². The van der Waals surface area contributed by atoms with Crippen LogP contribution in [0.25, 0.3) is 0 Å². The second-order valence-corrected chi connectivity index (χ2v) is 49.7. The van der Waals surface area contributed by atoms with Crippen molar-refractivity contribution >= 4 is 77.2 Å². The highest BCUT2D eigenvalue weighted by Gasteiger charge is 2.54. The minimum atomic E-state index is -3.63. The van der Waals surface area contributed by atoms with Gasteiger partial charge in [-0.05, 0) is 191 Å². The Bertz CT molecular complexity index is 5580. The van der Waals surface area contributed by atoms with Crippen LogP contribution in [0.3, 0.4) is 0 Å². The largest absolute Gasteiger partial charge is 1.00 e. The molecule has 0 aromatic heterocycles. The fraction of sp³-hybridized carbons (Fsp3) is 0.526. The molecule has 5 N–H and O–H groups in total. The van der Waals surface area contributed by atoms with Crippen LogP contribution in [0.5, 0.6) is 17.2 Å². The van der Waals surface area contributed by atoms with Crippen molar-refractivity contribution in [1.29, 1.82) is 0 Å². The minimum absolute atomic E-state index is 0. The van der Waals surface area contributed by atoms with E-state index in [0.717, 1.165) is 151 Å². The molecule has 6 atom stereocenters. The van der Waals surface area contributed by atoms with Gasteiger partial charge in [0.2, 0.25) is 9.23 Å². The molecule has 143 heavy (non-hydrogen) atoms. The van der Waals surface area contributed by atoms with Crippen LogP contribution in [-0.2, 0) is 78.3 Å². The Morgan fingerprint density at radius 1 is 0.350 bits per heavy atom. The molecule has 0 saturated carbocycles. The van der Waals surface area contributed by atoms with Crippen molar-refractivity contribution in [3.05, 3.63) is 267 Å². The summed E-state index contributed by atoms with van der Waals surface area (Å²) >= 11 is 0. The van der Waals surface area contributed by atoms with Crippen LogP contribution in [0.1, 0.15) is 242 Å². The molecule has 0 amide bonds. The molecule has 0 spiro atoms. The number of benzene rings is 9. The van der Waals surface area contributed by atoms with E-state index in [2.05, 4.69) is 102 Å². The van der Waals surface area contributed by atoms with Crippen LogP contribution in [0.15, 0.2) is 215 Å². The van der Waals surface area contributed by atoms with E-state index in [1.54, 1.807) is 18.2 Å². The molecule has 0 aliphatic carbocycles. The number of anilines is 3. The number of rotatable bonds is 37. The van der Waals surface area contributed by atoms with Gasteiger partial charge in [0.25, 0.3) is 0 Å². The van der Waals surface area contributed by atoms with E-state index in [0.29, 0.717) is 101 Å². The molecule has 4 bridgehead atoms. The van der Waals surface area contributed by atoms with Crippen LogP contribution < -0.4 is 41.3 Å². The summed E-state index contributed by atoms with van der Waals surface area (Å²) in [5, 5.41) is 55.6. The van der Waals surface area contributed by atoms with Crippen molar-refractivity contribution in [2.75, 3.05) is 153 Å². The van der Waals surface area contributed by atoms with Crippen LogP contribution in [0, 0.1) is 16.2 Å². The second kappa shape index (κ2) is 53.4. The molecule has 29 heteroatoms. The number of piperazine rings is 6. The molecule has 22 nitrogen and oxygen atoms in total. The maximum Gasteiger partial charge on any atom is 0.211 e. The Morgan fingerprint density at radius 2 is 0.573 bits per heavy atom. The van der Waals surface area contributed by atoms with Crippen molar-refractivity contribution in [3.8, 4) is 17.2 Å². The first kappa shape index (κ1) is 116. The monoisotopic (exact) mass is 2100 g/mol. The smallest absolute Gasteiger partial charge is 0.211 e. The van der Waals surface area contributed by atoms with Gasteiger partial charge in [0.05, 0.1) is 83.1 Å². The third-order valence-electron chi connectivity index (χ3n) is 30.7. The zero-order chi connectivity index (χ0) is 102. The summed E-state index contributed by atoms with van der Waals surface area (Å²) in [5.41, 5.74) is 11.5. The van der Waals surface area contributed by atoms with Crippen LogP contribution >= 0.6 is 21.4 Å². The molecule has 9 aliphatic rings. The first-order chi connectivity index (χ1) is 68.0. The Morgan fingerprint density at radius 3 is 0.790 bits per heavy atom. The summed E-state index contributed by atoms with van der Waals surface area (Å²) < 4.78 is 113. The molecule has 9 aromatic carbocycles. The maximum atomic E-state index is 14.1. The number of sulfone groups is 3. The number of hydrogen-bond donors (Lipinski definition) is 5. The van der Waals surface area contributed by atoms with Gasteiger partial charge in [-0.1, -0.05) is 228 Å². The van der Waals surface area contributed by atoms with Gasteiger partial charge in [-0.2, -0.15) is 0 Å². The molecule has 6 saturated heterocycles. The van der Waals surface area contributed by atoms with Crippen LogP contribution in [0.4, 0.5) is 17.1 Å². The maximum absolute atomic E-state index is 14.1. The number of quaternary nitrogens is 1. The molecule has 9 aliphatic heterocycles. The van der Waals surface area contributed by atoms with E-state index < -0.39 is 91.0 Å². The molecule has 784 valence electrons. The SMILES string of the molecule is C1CN2CCN1CC2.CCCCC1(CCCC)CS(=O)(=O)c2ccc(N(C)C)cc2[C@@H](c2ccc(OCc3ccc(CO)cc3)cc2)[C@H]1O.CCCCC1(CCCC)CS(=O)(=O)c2ccc(N(C)C)cc2[C@@H](c2ccc(OCc3ccc(CO)cc3)cc2)[C@H]1O.CCCCC1(CCCC)CS(=O)(=O)c2ccc(N(C)C)cc2[C@@H](c2ccc(OCc3ccc(C[N+]45CCN(CC4)CC5)cc3)cc2)[C@H]1O.O=S(Cl)Cl.[Cl-]. The lowest BCUT2D eigenvalue weighted by molar-refractivity contribution is -0.953. The molecule has 0 unspecified atom stereocenters. The second-order valence-electron chi connectivity index (χ2n) is 41.3. The van der Waals surface area contributed by atoms with Crippen LogP contribution in [-0.4, -0.2) is 231 Å². The fourth-order valence-electron chi connectivity index (χ4n) is 22.1. The van der Waals surface area contributed by atoms with Crippen molar-refractivity contribution in [2.45, 2.75) is 247 Å². The van der Waals surface area contributed by atoms with E-state index in [4.69, 9.17) is 18.4 Å². The standard InChI is InChI=1S/C40H56N3O4S.2C34H45NO5S.C6H12N2.Cl2OS.ClH/c1-5-7-19-40(20-8-6-2)30-48(45,46)37-18-15-34(41(3)4)27-36(37)38(39(40)44)33-13-16-35(17-14-33)47-29-32-11-9-31(10-12-32)28-43-24-21-42(22-25-43)23-26-43;2*1-5-7-19-34(20-8-6-2)24-41(38,39)31-18-15-28(35(3)4)21-30(31)32(33(34)37)27-13-16-29(17-14-27)40-23-26-11-9-25(22-36)10-12-26;1-2-8-5-3-7(1)4-6-8;1-4(2)3;/h9-18,27,38-39,44H,5-8,19-26,28-30H2,1-4H3;2*9-18,21,32-33,36-37H,5-8,19-20,22-24H2,1-4H3;1-6H2;;1H/q+1;;;;;/p-1/t38-,39-;2*32-,33-;;;/m111.../s1. The quantitative estimate of drug-likeness (QED) is 0.0179. The van der Waals surface area contributed by atoms with E-state index in [9.17, 15) is 50.8 Å². The Kier molecular flexibility index (Phi) is 43.2. The lowest BCUT2D eigenvalue weighted by atomic mass is 9.68. The zero-order valence-electron chi connectivity index (χ0n) is 86.3. The lowest BCUT2D eigenvalue weighted by Crippen LogP contribution is -3.00. The van der Waals surface area contributed by atoms with Gasteiger partial charge < -0.3 is 71.3 Å².